The van der Waals surface area contributed by atoms with E-state index < -0.39 is 0 Å². The smallest absolute Gasteiger partial charge is 0.123 e. The van der Waals surface area contributed by atoms with E-state index in [-0.39, 0.29) is 17.7 Å². The second-order valence-corrected chi connectivity index (χ2v) is 7.04. The fourth-order valence-corrected chi connectivity index (χ4v) is 3.61. The summed E-state index contributed by atoms with van der Waals surface area (Å²) >= 11 is 0. The molecule has 1 aromatic rings. The van der Waals surface area contributed by atoms with E-state index in [9.17, 15) is 0 Å². The van der Waals surface area contributed by atoms with E-state index in [1.54, 1.807) is 0 Å². The zero-order valence-corrected chi connectivity index (χ0v) is 13.6. The van der Waals surface area contributed by atoms with Crippen molar-refractivity contribution in [2.45, 2.75) is 58.3 Å². The Morgan fingerprint density at radius 1 is 1.38 bits per heavy atom. The molecule has 1 fully saturated rings. The van der Waals surface area contributed by atoms with E-state index >= 15 is 0 Å². The van der Waals surface area contributed by atoms with Crippen LogP contribution in [-0.4, -0.2) is 24.9 Å². The van der Waals surface area contributed by atoms with Crippen molar-refractivity contribution in [3.05, 3.63) is 29.3 Å². The topological polar surface area (TPSA) is 30.5 Å². The molecular weight excluding hydrogens is 262 g/mol. The summed E-state index contributed by atoms with van der Waals surface area (Å²) in [6.45, 7) is 10.6. The van der Waals surface area contributed by atoms with Gasteiger partial charge in [-0.25, -0.2) is 0 Å². The first-order chi connectivity index (χ1) is 10.00. The number of hydrogen-bond acceptors (Lipinski definition) is 3. The van der Waals surface area contributed by atoms with Crippen molar-refractivity contribution in [2.24, 2.45) is 5.92 Å². The molecule has 3 unspecified atom stereocenters. The molecule has 1 aromatic carbocycles. The molecule has 116 valence electrons. The highest BCUT2D eigenvalue weighted by Gasteiger charge is 2.35. The maximum atomic E-state index is 6.00. The minimum absolute atomic E-state index is 0.0776. The van der Waals surface area contributed by atoms with Crippen LogP contribution in [-0.2, 0) is 11.2 Å². The lowest BCUT2D eigenvalue weighted by Crippen LogP contribution is -2.34. The summed E-state index contributed by atoms with van der Waals surface area (Å²) in [4.78, 5) is 0. The standard InChI is InChI=1S/C18H27NO2/c1-5-19-16(17-12(2)8-9-20-17)13-6-7-15-14(10-13)11-18(3,4)21-15/h6-7,10,12,16-17,19H,5,8-9,11H2,1-4H3. The van der Waals surface area contributed by atoms with Gasteiger partial charge >= 0.3 is 0 Å². The van der Waals surface area contributed by atoms with Gasteiger partial charge in [0, 0.05) is 13.0 Å². The van der Waals surface area contributed by atoms with Crippen LogP contribution in [0.5, 0.6) is 5.75 Å². The lowest BCUT2D eigenvalue weighted by Gasteiger charge is -2.27. The van der Waals surface area contributed by atoms with E-state index in [0.717, 1.165) is 31.7 Å². The van der Waals surface area contributed by atoms with E-state index in [0.29, 0.717) is 5.92 Å². The van der Waals surface area contributed by atoms with E-state index in [2.05, 4.69) is 51.2 Å². The van der Waals surface area contributed by atoms with Crippen LogP contribution in [0, 0.1) is 5.92 Å². The molecule has 3 rings (SSSR count). The molecule has 0 spiro atoms. The number of ether oxygens (including phenoxy) is 2. The zero-order chi connectivity index (χ0) is 15.0. The zero-order valence-electron chi connectivity index (χ0n) is 13.6. The average Bonchev–Trinajstić information content (AvgIpc) is 2.96. The molecule has 2 aliphatic heterocycles. The fourth-order valence-electron chi connectivity index (χ4n) is 3.61. The van der Waals surface area contributed by atoms with E-state index in [1.807, 2.05) is 0 Å². The SMILES string of the molecule is CCNC(c1ccc2c(c1)CC(C)(C)O2)C1OCCC1C. The molecular formula is C18H27NO2. The molecule has 2 aliphatic rings. The van der Waals surface area contributed by atoms with Gasteiger partial charge in [0.25, 0.3) is 0 Å². The van der Waals surface area contributed by atoms with Crippen LogP contribution < -0.4 is 10.1 Å². The van der Waals surface area contributed by atoms with Crippen LogP contribution in [0.4, 0.5) is 0 Å². The number of benzene rings is 1. The number of nitrogens with one attached hydrogen (secondary N) is 1. The van der Waals surface area contributed by atoms with Gasteiger partial charge < -0.3 is 14.8 Å². The molecule has 1 N–H and O–H groups in total. The molecule has 3 heteroatoms. The Morgan fingerprint density at radius 2 is 2.19 bits per heavy atom. The molecule has 0 saturated carbocycles. The Morgan fingerprint density at radius 3 is 2.86 bits per heavy atom. The number of rotatable bonds is 4. The van der Waals surface area contributed by atoms with Crippen LogP contribution in [0.1, 0.15) is 51.3 Å². The van der Waals surface area contributed by atoms with Gasteiger partial charge in [-0.2, -0.15) is 0 Å². The van der Waals surface area contributed by atoms with Gasteiger partial charge in [-0.05, 0) is 49.9 Å². The van der Waals surface area contributed by atoms with Gasteiger partial charge in [0.15, 0.2) is 0 Å². The van der Waals surface area contributed by atoms with Crippen LogP contribution in [0.25, 0.3) is 0 Å². The summed E-state index contributed by atoms with van der Waals surface area (Å²) in [6.07, 6.45) is 2.42. The average molecular weight is 289 g/mol. The summed E-state index contributed by atoms with van der Waals surface area (Å²) < 4.78 is 12.0. The first-order valence-electron chi connectivity index (χ1n) is 8.17. The van der Waals surface area contributed by atoms with Crippen molar-refractivity contribution >= 4 is 0 Å². The lowest BCUT2D eigenvalue weighted by molar-refractivity contribution is 0.0612. The van der Waals surface area contributed by atoms with Crippen molar-refractivity contribution in [1.29, 1.82) is 0 Å². The van der Waals surface area contributed by atoms with Crippen molar-refractivity contribution in [2.75, 3.05) is 13.2 Å². The maximum Gasteiger partial charge on any atom is 0.123 e. The number of hydrogen-bond donors (Lipinski definition) is 1. The molecule has 0 radical (unpaired) electrons. The van der Waals surface area contributed by atoms with E-state index in [4.69, 9.17) is 9.47 Å². The van der Waals surface area contributed by atoms with Crippen molar-refractivity contribution in [3.63, 3.8) is 0 Å². The van der Waals surface area contributed by atoms with Gasteiger partial charge in [0.1, 0.15) is 11.4 Å². The highest BCUT2D eigenvalue weighted by Crippen LogP contribution is 2.38. The minimum atomic E-state index is -0.0776. The second kappa shape index (κ2) is 5.62. The van der Waals surface area contributed by atoms with Crippen LogP contribution in [0.15, 0.2) is 18.2 Å². The van der Waals surface area contributed by atoms with Crippen LogP contribution in [0.2, 0.25) is 0 Å². The van der Waals surface area contributed by atoms with Crippen molar-refractivity contribution in [3.8, 4) is 5.75 Å². The Bertz CT molecular complexity index is 512. The quantitative estimate of drug-likeness (QED) is 0.920. The van der Waals surface area contributed by atoms with Gasteiger partial charge in [-0.3, -0.25) is 0 Å². The maximum absolute atomic E-state index is 6.00. The number of likely N-dealkylation sites (N-methyl/N-ethyl adjacent to an activating group) is 1. The molecule has 1 saturated heterocycles. The highest BCUT2D eigenvalue weighted by molar-refractivity contribution is 5.43. The molecule has 3 atom stereocenters. The van der Waals surface area contributed by atoms with Crippen LogP contribution >= 0.6 is 0 Å². The minimum Gasteiger partial charge on any atom is -0.487 e. The third kappa shape index (κ3) is 2.95. The van der Waals surface area contributed by atoms with Gasteiger partial charge in [0.05, 0.1) is 12.1 Å². The van der Waals surface area contributed by atoms with Gasteiger partial charge in [-0.15, -0.1) is 0 Å². The molecule has 21 heavy (non-hydrogen) atoms. The second-order valence-electron chi connectivity index (χ2n) is 7.04. The normalized spacial score (nSPS) is 28.2. The number of fused-ring (bicyclic) bond motifs is 1. The Balaban J connectivity index is 1.87. The Hall–Kier alpha value is -1.06. The third-order valence-corrected chi connectivity index (χ3v) is 4.64. The molecule has 0 aliphatic carbocycles. The molecule has 2 heterocycles. The predicted molar refractivity (Wildman–Crippen MR) is 84.8 cm³/mol. The Labute approximate surface area is 128 Å². The van der Waals surface area contributed by atoms with Gasteiger partial charge in [-0.1, -0.05) is 26.0 Å². The third-order valence-electron chi connectivity index (χ3n) is 4.64. The summed E-state index contributed by atoms with van der Waals surface area (Å²) in [5.41, 5.74) is 2.58. The first-order valence-corrected chi connectivity index (χ1v) is 8.17. The largest absolute Gasteiger partial charge is 0.487 e. The summed E-state index contributed by atoms with van der Waals surface area (Å²) in [5.74, 6) is 1.65. The summed E-state index contributed by atoms with van der Waals surface area (Å²) in [7, 11) is 0. The summed E-state index contributed by atoms with van der Waals surface area (Å²) in [6, 6.07) is 6.92. The molecule has 3 nitrogen and oxygen atoms in total. The monoisotopic (exact) mass is 289 g/mol. The van der Waals surface area contributed by atoms with E-state index in [1.165, 1.54) is 11.1 Å². The lowest BCUT2D eigenvalue weighted by atomic mass is 9.90. The van der Waals surface area contributed by atoms with Crippen molar-refractivity contribution in [1.82, 2.24) is 5.32 Å². The molecule has 0 amide bonds. The van der Waals surface area contributed by atoms with Crippen LogP contribution in [0.3, 0.4) is 0 Å². The fraction of sp³-hybridized carbons (Fsp3) is 0.667. The van der Waals surface area contributed by atoms with Crippen molar-refractivity contribution < 1.29 is 9.47 Å². The first kappa shape index (κ1) is 14.9. The summed E-state index contributed by atoms with van der Waals surface area (Å²) in [5, 5.41) is 3.62. The molecule has 0 aromatic heterocycles. The molecule has 0 bridgehead atoms. The van der Waals surface area contributed by atoms with Gasteiger partial charge in [0.2, 0.25) is 0 Å². The highest BCUT2D eigenvalue weighted by atomic mass is 16.5. The Kier molecular flexibility index (Phi) is 3.98. The predicted octanol–water partition coefficient (Wildman–Crippen LogP) is 3.48.